The first-order valence-corrected chi connectivity index (χ1v) is 22.4. The van der Waals surface area contributed by atoms with Crippen LogP contribution < -0.4 is 0 Å². The van der Waals surface area contributed by atoms with Gasteiger partial charge in [0.15, 0.2) is 0 Å². The Morgan fingerprint density at radius 3 is 1.40 bits per heavy atom. The van der Waals surface area contributed by atoms with E-state index in [0.29, 0.717) is 35.0 Å². The predicted molar refractivity (Wildman–Crippen MR) is 236 cm³/mol. The summed E-state index contributed by atoms with van der Waals surface area (Å²) in [5.74, 6) is 2.43. The van der Waals surface area contributed by atoms with Crippen molar-refractivity contribution < 1.29 is 15.3 Å². The average Bonchev–Trinajstić information content (AvgIpc) is 3.25. The highest BCUT2D eigenvalue weighted by atomic mass is 16.3. The van der Waals surface area contributed by atoms with Gasteiger partial charge in [0, 0.05) is 11.8 Å². The van der Waals surface area contributed by atoms with Crippen molar-refractivity contribution in [3.63, 3.8) is 0 Å². The highest BCUT2D eigenvalue weighted by Crippen LogP contribution is 2.51. The average molecular weight is 761 g/mol. The number of phenolic OH excluding ortho intramolecular Hbond substituents is 3. The number of rotatable bonds is 10. The Labute approximate surface area is 342 Å². The van der Waals surface area contributed by atoms with E-state index in [1.807, 2.05) is 0 Å². The van der Waals surface area contributed by atoms with Crippen LogP contribution in [0.5, 0.6) is 17.2 Å². The summed E-state index contributed by atoms with van der Waals surface area (Å²) in [6.07, 6.45) is 18.8. The smallest absolute Gasteiger partial charge is 0.119 e. The van der Waals surface area contributed by atoms with E-state index in [1.54, 1.807) is 0 Å². The third kappa shape index (κ3) is 8.41. The zero-order chi connectivity index (χ0) is 39.5. The number of aryl methyl sites for hydroxylation is 3. The molecule has 3 fully saturated rings. The fourth-order valence-corrected chi connectivity index (χ4v) is 11.2. The Bertz CT molecular complexity index is 2070. The van der Waals surface area contributed by atoms with Crippen LogP contribution in [0.1, 0.15) is 188 Å². The molecule has 3 aliphatic rings. The molecule has 0 radical (unpaired) electrons. The number of hydrogen-bond donors (Lipinski definition) is 3. The monoisotopic (exact) mass is 760 g/mol. The molecule has 5 aromatic carbocycles. The molecule has 3 N–H and O–H groups in total. The standard InChI is InChI=1S/C54H64O3/c1-35-30-54(57)47(41-24-14-7-15-25-41)31-44(35)50(43-27-17-16-26-42(43)38-18-8-4-9-19-38)32-51(48-28-36(2)52(55)33-45(48)39-20-10-5-11-21-39)49-29-37(3)53(56)34-46(49)40-22-12-6-13-23-40/h4,8-9,16-19,26-31,33-34,39-41,50-51,55-57H,5-7,10-15,20-25,32H2,1-3H3. The lowest BCUT2D eigenvalue weighted by Crippen LogP contribution is -2.18. The Balaban J connectivity index is 1.39. The number of benzene rings is 5. The summed E-state index contributed by atoms with van der Waals surface area (Å²) < 4.78 is 0. The maximum Gasteiger partial charge on any atom is 0.119 e. The van der Waals surface area contributed by atoms with Gasteiger partial charge in [-0.05, 0) is 168 Å². The molecule has 8 rings (SSSR count). The molecular formula is C54H64O3. The maximum absolute atomic E-state index is 11.6. The first-order valence-electron chi connectivity index (χ1n) is 22.4. The van der Waals surface area contributed by atoms with Crippen molar-refractivity contribution in [3.8, 4) is 28.4 Å². The van der Waals surface area contributed by atoms with Crippen LogP contribution in [-0.4, -0.2) is 15.3 Å². The SMILES string of the molecule is Cc1cc(C(CC(c2cc(C3CCCCC3)c(O)cc2C)c2ccccc2-c2ccccc2)c2cc(C)c(O)cc2C2CCCCC2)c(C2CCCCC2)cc1O. The molecule has 0 amide bonds. The Morgan fingerprint density at radius 2 is 0.877 bits per heavy atom. The summed E-state index contributed by atoms with van der Waals surface area (Å²) in [4.78, 5) is 0. The van der Waals surface area contributed by atoms with Crippen LogP contribution in [-0.2, 0) is 0 Å². The fourth-order valence-electron chi connectivity index (χ4n) is 11.2. The zero-order valence-corrected chi connectivity index (χ0v) is 34.7. The van der Waals surface area contributed by atoms with Crippen LogP contribution in [0.25, 0.3) is 11.1 Å². The molecule has 0 saturated heterocycles. The Morgan fingerprint density at radius 1 is 0.421 bits per heavy atom. The van der Waals surface area contributed by atoms with Crippen molar-refractivity contribution in [1.29, 1.82) is 0 Å². The first kappa shape index (κ1) is 39.3. The lowest BCUT2D eigenvalue weighted by molar-refractivity contribution is 0.413. The molecule has 3 nitrogen and oxygen atoms in total. The lowest BCUT2D eigenvalue weighted by Gasteiger charge is -2.35. The minimum Gasteiger partial charge on any atom is -0.508 e. The summed E-state index contributed by atoms with van der Waals surface area (Å²) in [7, 11) is 0. The van der Waals surface area contributed by atoms with Gasteiger partial charge in [-0.25, -0.2) is 0 Å². The van der Waals surface area contributed by atoms with E-state index in [0.717, 1.165) is 67.2 Å². The third-order valence-corrected chi connectivity index (χ3v) is 14.4. The van der Waals surface area contributed by atoms with Crippen LogP contribution in [0.4, 0.5) is 0 Å². The van der Waals surface area contributed by atoms with Gasteiger partial charge in [-0.2, -0.15) is 0 Å². The Hall–Kier alpha value is -4.50. The minimum absolute atomic E-state index is 0.0102. The van der Waals surface area contributed by atoms with Crippen molar-refractivity contribution in [2.75, 3.05) is 0 Å². The largest absolute Gasteiger partial charge is 0.508 e. The van der Waals surface area contributed by atoms with E-state index in [9.17, 15) is 15.3 Å². The van der Waals surface area contributed by atoms with Crippen LogP contribution in [0, 0.1) is 20.8 Å². The summed E-state index contributed by atoms with van der Waals surface area (Å²) >= 11 is 0. The van der Waals surface area contributed by atoms with Gasteiger partial charge in [0.1, 0.15) is 17.2 Å². The highest BCUT2D eigenvalue weighted by Gasteiger charge is 2.34. The maximum atomic E-state index is 11.6. The van der Waals surface area contributed by atoms with E-state index < -0.39 is 0 Å². The summed E-state index contributed by atoms with van der Waals surface area (Å²) in [6.45, 7) is 6.32. The fraction of sp³-hybridized carbons (Fsp3) is 0.444. The molecular weight excluding hydrogens is 697 g/mol. The molecule has 298 valence electrons. The third-order valence-electron chi connectivity index (χ3n) is 14.4. The van der Waals surface area contributed by atoms with E-state index >= 15 is 0 Å². The summed E-state index contributed by atoms with van der Waals surface area (Å²) in [5.41, 5.74) is 14.4. The van der Waals surface area contributed by atoms with Crippen molar-refractivity contribution >= 4 is 0 Å². The molecule has 5 aromatic rings. The lowest BCUT2D eigenvalue weighted by atomic mass is 9.69. The van der Waals surface area contributed by atoms with E-state index in [4.69, 9.17) is 0 Å². The minimum atomic E-state index is 0.0102. The normalized spacial score (nSPS) is 17.9. The molecule has 3 heteroatoms. The zero-order valence-electron chi connectivity index (χ0n) is 34.7. The summed E-state index contributed by atoms with van der Waals surface area (Å²) in [5, 5.41) is 34.4. The number of aromatic hydroxyl groups is 3. The number of hydrogen-bond acceptors (Lipinski definition) is 3. The molecule has 1 unspecified atom stereocenters. The van der Waals surface area contributed by atoms with Gasteiger partial charge in [0.25, 0.3) is 0 Å². The van der Waals surface area contributed by atoms with E-state index in [-0.39, 0.29) is 11.8 Å². The molecule has 0 spiro atoms. The molecule has 0 aromatic heterocycles. The molecule has 0 aliphatic heterocycles. The topological polar surface area (TPSA) is 60.7 Å². The van der Waals surface area contributed by atoms with Gasteiger partial charge >= 0.3 is 0 Å². The Kier molecular flexibility index (Phi) is 12.1. The van der Waals surface area contributed by atoms with Gasteiger partial charge in [-0.3, -0.25) is 0 Å². The van der Waals surface area contributed by atoms with E-state index in [2.05, 4.69) is 112 Å². The van der Waals surface area contributed by atoms with Crippen LogP contribution in [0.15, 0.2) is 91.0 Å². The molecule has 3 aliphatic carbocycles. The second-order valence-corrected chi connectivity index (χ2v) is 18.1. The van der Waals surface area contributed by atoms with E-state index in [1.165, 1.54) is 102 Å². The van der Waals surface area contributed by atoms with Gasteiger partial charge in [-0.1, -0.05) is 131 Å². The van der Waals surface area contributed by atoms with Crippen molar-refractivity contribution in [1.82, 2.24) is 0 Å². The van der Waals surface area contributed by atoms with Crippen molar-refractivity contribution in [2.24, 2.45) is 0 Å². The van der Waals surface area contributed by atoms with Crippen LogP contribution >= 0.6 is 0 Å². The molecule has 0 heterocycles. The van der Waals surface area contributed by atoms with Crippen molar-refractivity contribution in [3.05, 3.63) is 147 Å². The molecule has 57 heavy (non-hydrogen) atoms. The predicted octanol–water partition coefficient (Wildman–Crippen LogP) is 14.9. The highest BCUT2D eigenvalue weighted by molar-refractivity contribution is 5.69. The van der Waals surface area contributed by atoms with Crippen LogP contribution in [0.3, 0.4) is 0 Å². The second kappa shape index (κ2) is 17.6. The van der Waals surface area contributed by atoms with Gasteiger partial charge in [0.05, 0.1) is 0 Å². The molecule has 3 saturated carbocycles. The van der Waals surface area contributed by atoms with Crippen LogP contribution in [0.2, 0.25) is 0 Å². The van der Waals surface area contributed by atoms with Gasteiger partial charge in [0.2, 0.25) is 0 Å². The second-order valence-electron chi connectivity index (χ2n) is 18.1. The summed E-state index contributed by atoms with van der Waals surface area (Å²) in [6, 6.07) is 33.2. The van der Waals surface area contributed by atoms with Crippen molar-refractivity contribution in [2.45, 2.75) is 153 Å². The number of phenols is 3. The quantitative estimate of drug-likeness (QED) is 0.133. The van der Waals surface area contributed by atoms with Gasteiger partial charge < -0.3 is 15.3 Å². The molecule has 1 atom stereocenters. The molecule has 0 bridgehead atoms. The van der Waals surface area contributed by atoms with Gasteiger partial charge in [-0.15, -0.1) is 0 Å². The first-order chi connectivity index (χ1) is 27.8.